The summed E-state index contributed by atoms with van der Waals surface area (Å²) in [7, 11) is 0. The maximum Gasteiger partial charge on any atom is 0.454 e. The molecule has 2 aromatic rings. The maximum atomic E-state index is 13.1. The predicted molar refractivity (Wildman–Crippen MR) is 94.1 cm³/mol. The summed E-state index contributed by atoms with van der Waals surface area (Å²) < 4.78 is 39.4. The van der Waals surface area contributed by atoms with E-state index in [1.165, 1.54) is 23.9 Å². The third-order valence-corrected chi connectivity index (χ3v) is 4.34. The molecule has 2 rings (SSSR count). The normalized spacial score (nSPS) is 12.3. The zero-order chi connectivity index (χ0) is 20.2. The Hall–Kier alpha value is -2.85. The second-order valence-electron chi connectivity index (χ2n) is 5.22. The fourth-order valence-electron chi connectivity index (χ4n) is 2.30. The van der Waals surface area contributed by atoms with Crippen molar-refractivity contribution < 1.29 is 28.1 Å². The van der Waals surface area contributed by atoms with Gasteiger partial charge in [0.15, 0.2) is 0 Å². The molecule has 0 radical (unpaired) electrons. The number of nitrogens with one attached hydrogen (secondary N) is 1. The minimum Gasteiger partial charge on any atom is -0.291 e. The largest absolute Gasteiger partial charge is 0.454 e. The van der Waals surface area contributed by atoms with Crippen LogP contribution in [0.2, 0.25) is 0 Å². The van der Waals surface area contributed by atoms with Gasteiger partial charge in [-0.25, -0.2) is 0 Å². The molecule has 0 aromatic heterocycles. The number of nitro benzene ring substituents is 1. The first-order valence-corrected chi connectivity index (χ1v) is 8.56. The van der Waals surface area contributed by atoms with E-state index in [0.29, 0.717) is 0 Å². The Morgan fingerprint density at radius 3 is 2.00 bits per heavy atom. The molecule has 0 bridgehead atoms. The van der Waals surface area contributed by atoms with Gasteiger partial charge in [-0.15, -0.1) is 11.8 Å². The molecular formula is C17H13F3N2O4S. The number of carbonyl (C=O) groups is 1. The number of allylic oxidation sites excluding steroid dienone is 1. The van der Waals surface area contributed by atoms with Crippen LogP contribution in [0.3, 0.4) is 0 Å². The first-order chi connectivity index (χ1) is 12.7. The van der Waals surface area contributed by atoms with E-state index < -0.39 is 28.2 Å². The standard InChI is InChI=1S/C17H13F3N2O4S/c1-27-13-8-4-11(5-9-13)15(21-24)14(16(23)17(18,19)20)10-2-6-12(7-3-10)22(25)26/h2-9,21,24H,1H3/b15-14-. The van der Waals surface area contributed by atoms with Crippen molar-refractivity contribution in [2.45, 2.75) is 11.1 Å². The second-order valence-corrected chi connectivity index (χ2v) is 6.10. The molecule has 0 aliphatic heterocycles. The van der Waals surface area contributed by atoms with Gasteiger partial charge in [0.25, 0.3) is 11.5 Å². The maximum absolute atomic E-state index is 13.1. The molecule has 0 aliphatic carbocycles. The van der Waals surface area contributed by atoms with E-state index in [9.17, 15) is 33.3 Å². The van der Waals surface area contributed by atoms with Gasteiger partial charge in [0.05, 0.1) is 16.2 Å². The van der Waals surface area contributed by atoms with E-state index in [1.807, 2.05) is 6.26 Å². The highest BCUT2D eigenvalue weighted by molar-refractivity contribution is 7.98. The number of hydrogen-bond donors (Lipinski definition) is 2. The molecule has 0 heterocycles. The molecule has 0 aliphatic rings. The Labute approximate surface area is 155 Å². The number of rotatable bonds is 6. The van der Waals surface area contributed by atoms with E-state index in [-0.39, 0.29) is 16.8 Å². The van der Waals surface area contributed by atoms with Crippen molar-refractivity contribution in [1.82, 2.24) is 5.48 Å². The molecule has 0 saturated heterocycles. The highest BCUT2D eigenvalue weighted by Gasteiger charge is 2.42. The quantitative estimate of drug-likeness (QED) is 0.248. The highest BCUT2D eigenvalue weighted by atomic mass is 32.2. The smallest absolute Gasteiger partial charge is 0.291 e. The van der Waals surface area contributed by atoms with Crippen LogP contribution in [-0.4, -0.2) is 28.3 Å². The summed E-state index contributed by atoms with van der Waals surface area (Å²) in [6.45, 7) is 0. The van der Waals surface area contributed by atoms with Gasteiger partial charge in [0.1, 0.15) is 0 Å². The third kappa shape index (κ3) is 4.66. The lowest BCUT2D eigenvalue weighted by atomic mass is 9.95. The van der Waals surface area contributed by atoms with Crippen molar-refractivity contribution in [2.75, 3.05) is 6.26 Å². The van der Waals surface area contributed by atoms with E-state index in [2.05, 4.69) is 0 Å². The van der Waals surface area contributed by atoms with Crippen molar-refractivity contribution in [1.29, 1.82) is 0 Å². The highest BCUT2D eigenvalue weighted by Crippen LogP contribution is 2.33. The minimum atomic E-state index is -5.21. The molecule has 0 amide bonds. The summed E-state index contributed by atoms with van der Waals surface area (Å²) in [6.07, 6.45) is -3.40. The van der Waals surface area contributed by atoms with Crippen LogP contribution in [-0.2, 0) is 4.79 Å². The van der Waals surface area contributed by atoms with Gasteiger partial charge in [0.2, 0.25) is 0 Å². The minimum absolute atomic E-state index is 0.140. The van der Waals surface area contributed by atoms with Gasteiger partial charge in [-0.05, 0) is 36.1 Å². The van der Waals surface area contributed by atoms with E-state index in [1.54, 1.807) is 17.6 Å². The van der Waals surface area contributed by atoms with Gasteiger partial charge >= 0.3 is 6.18 Å². The van der Waals surface area contributed by atoms with Crippen LogP contribution in [0.4, 0.5) is 18.9 Å². The van der Waals surface area contributed by atoms with Crippen molar-refractivity contribution in [3.63, 3.8) is 0 Å². The zero-order valence-corrected chi connectivity index (χ0v) is 14.6. The number of nitro groups is 1. The molecule has 27 heavy (non-hydrogen) atoms. The molecule has 0 atom stereocenters. The molecular weight excluding hydrogens is 385 g/mol. The van der Waals surface area contributed by atoms with E-state index in [4.69, 9.17) is 0 Å². The third-order valence-electron chi connectivity index (χ3n) is 3.59. The average Bonchev–Trinajstić information content (AvgIpc) is 2.65. The number of hydroxylamine groups is 1. The number of alkyl halides is 3. The van der Waals surface area contributed by atoms with E-state index in [0.717, 1.165) is 29.2 Å². The summed E-state index contributed by atoms with van der Waals surface area (Å²) in [5.74, 6) is -2.19. The second kappa shape index (κ2) is 8.23. The predicted octanol–water partition coefficient (Wildman–Crippen LogP) is 4.30. The number of nitrogens with zero attached hydrogens (tertiary/aromatic N) is 1. The Balaban J connectivity index is 2.69. The SMILES string of the molecule is CSc1ccc(/C(NO)=C(/C(=O)C(F)(F)F)c2ccc([N+](=O)[O-])cc2)cc1. The molecule has 10 heteroatoms. The topological polar surface area (TPSA) is 92.5 Å². The number of Topliss-reactive ketones (excluding diaryl/α,β-unsaturated/α-hetero) is 1. The van der Waals surface area contributed by atoms with Crippen LogP contribution < -0.4 is 5.48 Å². The number of benzene rings is 2. The van der Waals surface area contributed by atoms with Crippen LogP contribution in [0.25, 0.3) is 11.3 Å². The number of thioether (sulfide) groups is 1. The number of non-ortho nitro benzene ring substituents is 1. The number of hydrogen-bond acceptors (Lipinski definition) is 6. The summed E-state index contributed by atoms with van der Waals surface area (Å²) in [6, 6.07) is 10.1. The lowest BCUT2D eigenvalue weighted by Gasteiger charge is -2.16. The van der Waals surface area contributed by atoms with E-state index >= 15 is 0 Å². The van der Waals surface area contributed by atoms with Crippen molar-refractivity contribution in [3.8, 4) is 0 Å². The van der Waals surface area contributed by atoms with Gasteiger partial charge in [-0.1, -0.05) is 12.1 Å². The Morgan fingerprint density at radius 2 is 1.59 bits per heavy atom. The Bertz CT molecular complexity index is 879. The van der Waals surface area contributed by atoms with Crippen LogP contribution in [0.1, 0.15) is 11.1 Å². The first kappa shape index (κ1) is 20.5. The fourth-order valence-corrected chi connectivity index (χ4v) is 2.71. The van der Waals surface area contributed by atoms with Crippen molar-refractivity contribution in [3.05, 3.63) is 69.8 Å². The zero-order valence-electron chi connectivity index (χ0n) is 13.8. The molecule has 0 fully saturated rings. The fraction of sp³-hybridized carbons (Fsp3) is 0.118. The van der Waals surface area contributed by atoms with Crippen LogP contribution >= 0.6 is 11.8 Å². The van der Waals surface area contributed by atoms with Crippen LogP contribution in [0, 0.1) is 10.1 Å². The van der Waals surface area contributed by atoms with Crippen molar-refractivity contribution in [2.24, 2.45) is 0 Å². The van der Waals surface area contributed by atoms with Crippen LogP contribution in [0.15, 0.2) is 53.4 Å². The van der Waals surface area contributed by atoms with Gasteiger partial charge in [-0.2, -0.15) is 13.2 Å². The average molecular weight is 398 g/mol. The summed E-state index contributed by atoms with van der Waals surface area (Å²) in [5.41, 5.74) is -0.0818. The summed E-state index contributed by atoms with van der Waals surface area (Å²) >= 11 is 1.41. The first-order valence-electron chi connectivity index (χ1n) is 7.34. The molecule has 6 nitrogen and oxygen atoms in total. The van der Waals surface area contributed by atoms with Crippen molar-refractivity contribution >= 4 is 34.5 Å². The monoisotopic (exact) mass is 398 g/mol. The molecule has 0 saturated carbocycles. The molecule has 2 N–H and O–H groups in total. The summed E-state index contributed by atoms with van der Waals surface area (Å²) in [4.78, 5) is 22.9. The molecule has 0 unspecified atom stereocenters. The molecule has 0 spiro atoms. The number of ketones is 1. The lowest BCUT2D eigenvalue weighted by molar-refractivity contribution is -0.384. The van der Waals surface area contributed by atoms with Gasteiger partial charge in [-0.3, -0.25) is 25.6 Å². The Kier molecular flexibility index (Phi) is 6.24. The summed E-state index contributed by atoms with van der Waals surface area (Å²) in [5, 5.41) is 20.2. The van der Waals surface area contributed by atoms with Gasteiger partial charge in [0, 0.05) is 22.6 Å². The lowest BCUT2D eigenvalue weighted by Crippen LogP contribution is -2.26. The van der Waals surface area contributed by atoms with Gasteiger partial charge < -0.3 is 0 Å². The Morgan fingerprint density at radius 1 is 1.07 bits per heavy atom. The molecule has 2 aromatic carbocycles. The molecule has 142 valence electrons. The number of carbonyl (C=O) groups excluding carboxylic acids is 1. The number of halogens is 3. The van der Waals surface area contributed by atoms with Crippen LogP contribution in [0.5, 0.6) is 0 Å².